The molecule has 0 aromatic rings. The minimum Gasteiger partial charge on any atom is -0.549 e. The molecule has 0 N–H and O–H groups in total. The molecule has 0 spiro atoms. The van der Waals surface area contributed by atoms with Gasteiger partial charge in [0.05, 0.1) is 11.4 Å². The van der Waals surface area contributed by atoms with Crippen molar-refractivity contribution in [2.45, 2.75) is 105 Å². The molecule has 0 rings (SSSR count). The van der Waals surface area contributed by atoms with E-state index in [0.29, 0.717) is 19.5 Å². The van der Waals surface area contributed by atoms with Crippen molar-refractivity contribution < 1.29 is 66.1 Å². The smallest absolute Gasteiger partial charge is 0.549 e. The number of carbonyl (C=O) groups excluding carboxylic acids is 2. The Hall–Kier alpha value is 0.576. The standard InChI is InChI=1S/C21H41NO3.K/c1-5-8-9-10-11-12-13-14-15-16-17-18-21(4,20(24)25)19(23)22(6-2)7-3;/h5-18H2,1-4H3,(H,24,25);/q;+1/p-1. The minimum absolute atomic E-state index is 0. The van der Waals surface area contributed by atoms with Crippen molar-refractivity contribution in [2.75, 3.05) is 13.1 Å². The molecule has 0 aliphatic carbocycles. The molecule has 0 fully saturated rings. The first-order chi connectivity index (χ1) is 11.9. The van der Waals surface area contributed by atoms with Gasteiger partial charge in [-0.2, -0.15) is 0 Å². The Morgan fingerprint density at radius 1 is 0.769 bits per heavy atom. The second kappa shape index (κ2) is 17.7. The number of hydrogen-bond acceptors (Lipinski definition) is 3. The minimum atomic E-state index is -1.38. The number of unbranched alkanes of at least 4 members (excludes halogenated alkanes) is 10. The summed E-state index contributed by atoms with van der Waals surface area (Å²) in [5.41, 5.74) is -1.38. The van der Waals surface area contributed by atoms with Gasteiger partial charge in [0.25, 0.3) is 0 Å². The first-order valence-electron chi connectivity index (χ1n) is 10.4. The van der Waals surface area contributed by atoms with Crippen molar-refractivity contribution in [3.8, 4) is 0 Å². The van der Waals surface area contributed by atoms with Gasteiger partial charge in [-0.05, 0) is 27.2 Å². The summed E-state index contributed by atoms with van der Waals surface area (Å²) in [7, 11) is 0. The SMILES string of the molecule is CCCCCCCCCCCCCC(C)(C(=O)[O-])C(=O)N(CC)CC.[K+]. The maximum absolute atomic E-state index is 12.5. The quantitative estimate of drug-likeness (QED) is 0.226. The summed E-state index contributed by atoms with van der Waals surface area (Å²) in [6.45, 7) is 8.59. The molecule has 26 heavy (non-hydrogen) atoms. The molecule has 0 bridgehead atoms. The van der Waals surface area contributed by atoms with Crippen LogP contribution >= 0.6 is 0 Å². The second-order valence-electron chi connectivity index (χ2n) is 7.38. The van der Waals surface area contributed by atoms with Gasteiger partial charge in [-0.15, -0.1) is 0 Å². The van der Waals surface area contributed by atoms with E-state index in [2.05, 4.69) is 6.92 Å². The number of carbonyl (C=O) groups is 2. The van der Waals surface area contributed by atoms with E-state index in [1.165, 1.54) is 58.3 Å². The van der Waals surface area contributed by atoms with Crippen LogP contribution in [0.4, 0.5) is 0 Å². The average molecular weight is 394 g/mol. The van der Waals surface area contributed by atoms with Crippen LogP contribution in [0, 0.1) is 5.41 Å². The molecule has 0 aromatic heterocycles. The molecule has 4 nitrogen and oxygen atoms in total. The van der Waals surface area contributed by atoms with Crippen LogP contribution in [-0.4, -0.2) is 29.9 Å². The third-order valence-electron chi connectivity index (χ3n) is 5.25. The molecule has 148 valence electrons. The maximum atomic E-state index is 12.5. The number of carboxylic acids is 1. The Balaban J connectivity index is 0. The molecular formula is C21H40KNO3. The number of aliphatic carboxylic acids is 1. The van der Waals surface area contributed by atoms with Crippen molar-refractivity contribution in [3.05, 3.63) is 0 Å². The zero-order chi connectivity index (χ0) is 19.1. The van der Waals surface area contributed by atoms with E-state index < -0.39 is 11.4 Å². The summed E-state index contributed by atoms with van der Waals surface area (Å²) in [6.07, 6.45) is 13.7. The monoisotopic (exact) mass is 393 g/mol. The van der Waals surface area contributed by atoms with Crippen LogP contribution < -0.4 is 56.5 Å². The summed E-state index contributed by atoms with van der Waals surface area (Å²) in [4.78, 5) is 25.6. The third kappa shape index (κ3) is 11.4. The van der Waals surface area contributed by atoms with Crippen LogP contribution in [0.5, 0.6) is 0 Å². The summed E-state index contributed by atoms with van der Waals surface area (Å²) >= 11 is 0. The Kier molecular flexibility index (Phi) is 19.6. The van der Waals surface area contributed by atoms with Crippen LogP contribution in [0.3, 0.4) is 0 Å². The van der Waals surface area contributed by atoms with E-state index in [0.717, 1.165) is 19.3 Å². The van der Waals surface area contributed by atoms with Crippen molar-refractivity contribution in [3.63, 3.8) is 0 Å². The molecule has 5 heteroatoms. The predicted molar refractivity (Wildman–Crippen MR) is 102 cm³/mol. The van der Waals surface area contributed by atoms with E-state index in [1.54, 1.807) is 4.90 Å². The predicted octanol–water partition coefficient (Wildman–Crippen LogP) is 1.32. The van der Waals surface area contributed by atoms with Crippen LogP contribution in [0.25, 0.3) is 0 Å². The molecule has 0 saturated heterocycles. The molecule has 0 radical (unpaired) electrons. The van der Waals surface area contributed by atoms with Gasteiger partial charge in [-0.1, -0.05) is 77.6 Å². The largest absolute Gasteiger partial charge is 1.00 e. The summed E-state index contributed by atoms with van der Waals surface area (Å²) in [6, 6.07) is 0. The van der Waals surface area contributed by atoms with Crippen LogP contribution in [-0.2, 0) is 9.59 Å². The molecule has 0 heterocycles. The Morgan fingerprint density at radius 3 is 1.50 bits per heavy atom. The molecule has 1 amide bonds. The third-order valence-corrected chi connectivity index (χ3v) is 5.25. The van der Waals surface area contributed by atoms with E-state index >= 15 is 0 Å². The van der Waals surface area contributed by atoms with Gasteiger partial charge in [0.1, 0.15) is 0 Å². The fraction of sp³-hybridized carbons (Fsp3) is 0.905. The first kappa shape index (κ1) is 28.8. The van der Waals surface area contributed by atoms with Crippen molar-refractivity contribution in [2.24, 2.45) is 5.41 Å². The van der Waals surface area contributed by atoms with Gasteiger partial charge >= 0.3 is 51.4 Å². The van der Waals surface area contributed by atoms with Crippen molar-refractivity contribution in [1.82, 2.24) is 4.90 Å². The fourth-order valence-electron chi connectivity index (χ4n) is 3.30. The first-order valence-corrected chi connectivity index (χ1v) is 10.4. The summed E-state index contributed by atoms with van der Waals surface area (Å²) in [5, 5.41) is 11.6. The normalized spacial score (nSPS) is 12.9. The number of hydrogen-bond donors (Lipinski definition) is 0. The molecule has 0 aliphatic rings. The van der Waals surface area contributed by atoms with Gasteiger partial charge in [0, 0.05) is 13.1 Å². The zero-order valence-electron chi connectivity index (χ0n) is 18.1. The molecule has 0 aromatic carbocycles. The van der Waals surface area contributed by atoms with E-state index in [1.807, 2.05) is 13.8 Å². The van der Waals surface area contributed by atoms with Crippen LogP contribution in [0.2, 0.25) is 0 Å². The average Bonchev–Trinajstić information content (AvgIpc) is 2.60. The molecule has 1 unspecified atom stereocenters. The Morgan fingerprint density at radius 2 is 1.15 bits per heavy atom. The zero-order valence-corrected chi connectivity index (χ0v) is 21.2. The second-order valence-corrected chi connectivity index (χ2v) is 7.38. The van der Waals surface area contributed by atoms with E-state index in [4.69, 9.17) is 0 Å². The van der Waals surface area contributed by atoms with Crippen LogP contribution in [0.15, 0.2) is 0 Å². The van der Waals surface area contributed by atoms with Gasteiger partial charge in [0.15, 0.2) is 0 Å². The number of amides is 1. The molecule has 0 aliphatic heterocycles. The molecular weight excluding hydrogens is 353 g/mol. The topological polar surface area (TPSA) is 60.4 Å². The van der Waals surface area contributed by atoms with Crippen LogP contribution in [0.1, 0.15) is 105 Å². The van der Waals surface area contributed by atoms with Crippen molar-refractivity contribution >= 4 is 11.9 Å². The van der Waals surface area contributed by atoms with Crippen molar-refractivity contribution in [1.29, 1.82) is 0 Å². The fourth-order valence-corrected chi connectivity index (χ4v) is 3.30. The van der Waals surface area contributed by atoms with Gasteiger partial charge < -0.3 is 14.8 Å². The number of carboxylic acid groups (broad SMARTS) is 1. The molecule has 1 atom stereocenters. The maximum Gasteiger partial charge on any atom is 1.00 e. The Labute approximate surface area is 204 Å². The number of rotatable bonds is 16. The van der Waals surface area contributed by atoms with E-state index in [9.17, 15) is 14.7 Å². The van der Waals surface area contributed by atoms with Gasteiger partial charge in [-0.3, -0.25) is 4.79 Å². The number of nitrogens with zero attached hydrogens (tertiary/aromatic N) is 1. The molecule has 0 saturated carbocycles. The summed E-state index contributed by atoms with van der Waals surface area (Å²) < 4.78 is 0. The summed E-state index contributed by atoms with van der Waals surface area (Å²) in [5.74, 6) is -1.54. The Bertz CT molecular complexity index is 372. The van der Waals surface area contributed by atoms with E-state index in [-0.39, 0.29) is 57.3 Å². The van der Waals surface area contributed by atoms with Gasteiger partial charge in [-0.25, -0.2) is 0 Å². The van der Waals surface area contributed by atoms with Gasteiger partial charge in [0.2, 0.25) is 5.91 Å².